The van der Waals surface area contributed by atoms with Gasteiger partial charge in [-0.05, 0) is 97.4 Å². The molecule has 4 aromatic carbocycles. The van der Waals surface area contributed by atoms with E-state index in [1.807, 2.05) is 30.3 Å². The van der Waals surface area contributed by atoms with Gasteiger partial charge in [0, 0.05) is 37.3 Å². The Labute approximate surface area is 312 Å². The molecule has 1 saturated carbocycles. The van der Waals surface area contributed by atoms with Gasteiger partial charge in [-0.1, -0.05) is 79.6 Å². The van der Waals surface area contributed by atoms with Gasteiger partial charge in [0.25, 0.3) is 0 Å². The summed E-state index contributed by atoms with van der Waals surface area (Å²) in [5.74, 6) is -0.314. The highest BCUT2D eigenvalue weighted by Gasteiger charge is 2.47. The number of phenolic OH excluding ortho intramolecular Hbond substituents is 3. The van der Waals surface area contributed by atoms with Crippen molar-refractivity contribution in [3.63, 3.8) is 0 Å². The van der Waals surface area contributed by atoms with Crippen LogP contribution in [0.3, 0.4) is 0 Å². The highest BCUT2D eigenvalue weighted by molar-refractivity contribution is 5.79. The van der Waals surface area contributed by atoms with E-state index in [0.717, 1.165) is 68.2 Å². The van der Waals surface area contributed by atoms with Crippen molar-refractivity contribution in [1.82, 2.24) is 5.32 Å². The number of nitrogens with one attached hydrogen (secondary N) is 1. The van der Waals surface area contributed by atoms with Gasteiger partial charge in [-0.25, -0.2) is 0 Å². The van der Waals surface area contributed by atoms with E-state index < -0.39 is 6.10 Å². The molecule has 1 saturated heterocycles. The maximum atomic E-state index is 13.1. The first-order valence-electron chi connectivity index (χ1n) is 19.1. The SMILES string of the molecule is NCOc1cc(CCC(=O)CC(O)CC(CCc2ccccc2)c2cc(O)c(O)c(OC3CC(Cc4ccccc4)NCC34CCCC4)c2)ccc1O. The minimum Gasteiger partial charge on any atom is -0.504 e. The second-order valence-electron chi connectivity index (χ2n) is 15.0. The lowest BCUT2D eigenvalue weighted by Gasteiger charge is -2.45. The van der Waals surface area contributed by atoms with E-state index in [1.165, 1.54) is 11.6 Å². The van der Waals surface area contributed by atoms with Crippen LogP contribution in [0.2, 0.25) is 0 Å². The van der Waals surface area contributed by atoms with Crippen molar-refractivity contribution in [2.24, 2.45) is 11.1 Å². The molecule has 1 spiro atoms. The summed E-state index contributed by atoms with van der Waals surface area (Å²) in [6, 6.07) is 29.1. The molecular weight excluding hydrogens is 668 g/mol. The molecule has 1 aliphatic heterocycles. The Morgan fingerprint density at radius 1 is 0.849 bits per heavy atom. The number of carbonyl (C=O) groups is 1. The van der Waals surface area contributed by atoms with Crippen LogP contribution in [0.15, 0.2) is 91.0 Å². The molecule has 2 fully saturated rings. The normalized spacial score (nSPS) is 19.1. The second-order valence-corrected chi connectivity index (χ2v) is 15.0. The Kier molecular flexibility index (Phi) is 12.9. The summed E-state index contributed by atoms with van der Waals surface area (Å²) in [6.07, 6.45) is 7.31. The Morgan fingerprint density at radius 3 is 2.28 bits per heavy atom. The smallest absolute Gasteiger partial charge is 0.200 e. The fourth-order valence-corrected chi connectivity index (χ4v) is 8.34. The quantitative estimate of drug-likeness (QED) is 0.0496. The fourth-order valence-electron chi connectivity index (χ4n) is 8.34. The summed E-state index contributed by atoms with van der Waals surface area (Å²) in [4.78, 5) is 13.1. The van der Waals surface area contributed by atoms with Crippen molar-refractivity contribution in [2.45, 2.75) is 101 Å². The van der Waals surface area contributed by atoms with Crippen molar-refractivity contribution in [1.29, 1.82) is 0 Å². The van der Waals surface area contributed by atoms with Gasteiger partial charge in [-0.3, -0.25) is 10.5 Å². The zero-order valence-electron chi connectivity index (χ0n) is 30.5. The number of ketones is 1. The molecule has 4 unspecified atom stereocenters. The van der Waals surface area contributed by atoms with Gasteiger partial charge < -0.3 is 35.2 Å². The summed E-state index contributed by atoms with van der Waals surface area (Å²) in [5.41, 5.74) is 9.40. The molecule has 0 radical (unpaired) electrons. The third-order valence-electron chi connectivity index (χ3n) is 11.3. The Morgan fingerprint density at radius 2 is 1.57 bits per heavy atom. The Balaban J connectivity index is 1.18. The number of hydrogen-bond donors (Lipinski definition) is 6. The van der Waals surface area contributed by atoms with Crippen LogP contribution in [0.5, 0.6) is 28.7 Å². The lowest BCUT2D eigenvalue weighted by molar-refractivity contribution is -0.121. The number of aliphatic hydroxyl groups excluding tert-OH is 1. The molecule has 1 heterocycles. The molecule has 282 valence electrons. The maximum Gasteiger partial charge on any atom is 0.200 e. The van der Waals surface area contributed by atoms with E-state index in [2.05, 4.69) is 41.7 Å². The van der Waals surface area contributed by atoms with E-state index in [-0.39, 0.29) is 77.6 Å². The fraction of sp³-hybridized carbons (Fsp3) is 0.432. The summed E-state index contributed by atoms with van der Waals surface area (Å²) in [6.45, 7) is 0.769. The molecule has 4 aromatic rings. The number of Topliss-reactive ketones (excluding diaryl/α,β-unsaturated/α-hetero) is 1. The topological polar surface area (TPSA) is 154 Å². The third-order valence-corrected chi connectivity index (χ3v) is 11.3. The molecule has 2 aliphatic rings. The molecule has 53 heavy (non-hydrogen) atoms. The number of aliphatic hydroxyl groups is 1. The third kappa shape index (κ3) is 10.1. The maximum absolute atomic E-state index is 13.1. The highest BCUT2D eigenvalue weighted by atomic mass is 16.5. The minimum atomic E-state index is -0.913. The van der Waals surface area contributed by atoms with E-state index >= 15 is 0 Å². The van der Waals surface area contributed by atoms with Gasteiger partial charge in [0.2, 0.25) is 5.75 Å². The monoisotopic (exact) mass is 722 g/mol. The van der Waals surface area contributed by atoms with Crippen LogP contribution in [0.25, 0.3) is 0 Å². The summed E-state index contributed by atoms with van der Waals surface area (Å²) in [7, 11) is 0. The highest BCUT2D eigenvalue weighted by Crippen LogP contribution is 2.48. The molecular formula is C44H54N2O7. The largest absolute Gasteiger partial charge is 0.504 e. The molecule has 0 aromatic heterocycles. The molecule has 7 N–H and O–H groups in total. The first-order chi connectivity index (χ1) is 25.7. The summed E-state index contributed by atoms with van der Waals surface area (Å²) >= 11 is 0. The number of piperidine rings is 1. The lowest BCUT2D eigenvalue weighted by Crippen LogP contribution is -2.55. The average molecular weight is 723 g/mol. The number of aromatic hydroxyl groups is 3. The second kappa shape index (κ2) is 18.0. The average Bonchev–Trinajstić information content (AvgIpc) is 3.64. The number of ether oxygens (including phenoxy) is 2. The van der Waals surface area contributed by atoms with Crippen LogP contribution >= 0.6 is 0 Å². The van der Waals surface area contributed by atoms with Crippen LogP contribution < -0.4 is 20.5 Å². The Hall–Kier alpha value is -4.57. The molecule has 1 aliphatic carbocycles. The van der Waals surface area contributed by atoms with E-state index in [9.17, 15) is 25.2 Å². The molecule has 0 amide bonds. The van der Waals surface area contributed by atoms with Crippen LogP contribution in [-0.4, -0.2) is 57.7 Å². The summed E-state index contributed by atoms with van der Waals surface area (Å²) < 4.78 is 12.1. The van der Waals surface area contributed by atoms with Gasteiger partial charge >= 0.3 is 0 Å². The van der Waals surface area contributed by atoms with Crippen LogP contribution in [0, 0.1) is 5.41 Å². The molecule has 9 nitrogen and oxygen atoms in total. The first kappa shape index (κ1) is 38.2. The van der Waals surface area contributed by atoms with E-state index in [1.54, 1.807) is 18.2 Å². The predicted octanol–water partition coefficient (Wildman–Crippen LogP) is 7.07. The molecule has 0 bridgehead atoms. The van der Waals surface area contributed by atoms with Crippen LogP contribution in [0.1, 0.15) is 86.0 Å². The number of phenols is 3. The van der Waals surface area contributed by atoms with Crippen molar-refractivity contribution < 1.29 is 34.7 Å². The van der Waals surface area contributed by atoms with Gasteiger partial charge in [0.05, 0.1) is 6.10 Å². The zero-order chi connectivity index (χ0) is 37.2. The number of rotatable bonds is 17. The summed E-state index contributed by atoms with van der Waals surface area (Å²) in [5, 5.41) is 47.3. The van der Waals surface area contributed by atoms with Crippen molar-refractivity contribution in [3.05, 3.63) is 113 Å². The molecule has 9 heteroatoms. The van der Waals surface area contributed by atoms with Crippen molar-refractivity contribution >= 4 is 5.78 Å². The van der Waals surface area contributed by atoms with Gasteiger partial charge in [0.15, 0.2) is 23.0 Å². The zero-order valence-corrected chi connectivity index (χ0v) is 30.5. The van der Waals surface area contributed by atoms with Gasteiger partial charge in [0.1, 0.15) is 18.6 Å². The number of carbonyl (C=O) groups excluding carboxylic acids is 1. The van der Waals surface area contributed by atoms with Gasteiger partial charge in [-0.2, -0.15) is 0 Å². The van der Waals surface area contributed by atoms with E-state index in [4.69, 9.17) is 15.2 Å². The van der Waals surface area contributed by atoms with Gasteiger partial charge in [-0.15, -0.1) is 0 Å². The molecule has 4 atom stereocenters. The standard InChI is InChI=1S/C44H54N2O7/c45-29-52-40-22-32(15-18-38(40)49)14-17-36(47)27-37(48)23-33(16-13-30-9-3-1-4-10-30)34-24-39(50)43(51)41(25-34)53-42-26-35(21-31-11-5-2-6-12-31)46-28-44(42)19-7-8-20-44/h1-6,9-12,15,18,22,24-25,33,35,37,42,46,48-51H,7-8,13-14,16-17,19-21,23,26-29,45H2. The molecule has 6 rings (SSSR count). The van der Waals surface area contributed by atoms with Crippen LogP contribution in [0.4, 0.5) is 0 Å². The van der Waals surface area contributed by atoms with Crippen molar-refractivity contribution in [3.8, 4) is 28.7 Å². The van der Waals surface area contributed by atoms with Crippen LogP contribution in [-0.2, 0) is 24.1 Å². The van der Waals surface area contributed by atoms with Crippen molar-refractivity contribution in [2.75, 3.05) is 13.3 Å². The number of nitrogens with two attached hydrogens (primary N) is 1. The lowest BCUT2D eigenvalue weighted by atomic mass is 9.74. The first-order valence-corrected chi connectivity index (χ1v) is 19.1. The predicted molar refractivity (Wildman–Crippen MR) is 206 cm³/mol. The number of aryl methyl sites for hydroxylation is 2. The number of benzene rings is 4. The Bertz CT molecular complexity index is 1780. The minimum absolute atomic E-state index is 0.0140. The van der Waals surface area contributed by atoms with E-state index in [0.29, 0.717) is 19.3 Å². The number of hydrogen-bond acceptors (Lipinski definition) is 9.